The third kappa shape index (κ3) is 1.41. The van der Waals surface area contributed by atoms with Gasteiger partial charge in [0.1, 0.15) is 0 Å². The van der Waals surface area contributed by atoms with Gasteiger partial charge in [0.15, 0.2) is 0 Å². The third-order valence-electron chi connectivity index (χ3n) is 5.82. The molecular weight excluding hydrogens is 255 g/mol. The van der Waals surface area contributed by atoms with E-state index in [4.69, 9.17) is 9.05 Å². The Morgan fingerprint density at radius 2 is 1.32 bits per heavy atom. The predicted octanol–water partition coefficient (Wildman–Crippen LogP) is 4.29. The Labute approximate surface area is 114 Å². The van der Waals surface area contributed by atoms with Crippen molar-refractivity contribution >= 4 is 7.06 Å². The number of hydrogen-bond donors (Lipinski definition) is 0. The summed E-state index contributed by atoms with van der Waals surface area (Å²) in [5, 5.41) is 0. The Hall–Kier alpha value is -0.750. The molecule has 102 valence electrons. The van der Waals surface area contributed by atoms with Crippen LogP contribution in [0, 0.1) is 17.8 Å². The van der Waals surface area contributed by atoms with Crippen LogP contribution < -0.4 is 9.05 Å². The molecule has 5 aliphatic rings. The first-order valence-corrected chi connectivity index (χ1v) is 10.4. The van der Waals surface area contributed by atoms with E-state index in [0.29, 0.717) is 0 Å². The molecule has 19 heavy (non-hydrogen) atoms. The van der Waals surface area contributed by atoms with Crippen LogP contribution in [0.3, 0.4) is 0 Å². The van der Waals surface area contributed by atoms with Crippen LogP contribution in [-0.2, 0) is 0 Å². The second kappa shape index (κ2) is 3.28. The first-order chi connectivity index (χ1) is 9.22. The summed E-state index contributed by atoms with van der Waals surface area (Å²) in [5.41, 5.74) is 0. The molecule has 0 aromatic heterocycles. The van der Waals surface area contributed by atoms with Gasteiger partial charge in [-0.2, -0.15) is 0 Å². The van der Waals surface area contributed by atoms with Crippen molar-refractivity contribution in [3.05, 3.63) is 24.3 Å². The molecule has 1 aliphatic carbocycles. The Morgan fingerprint density at radius 3 is 1.89 bits per heavy atom. The fourth-order valence-electron chi connectivity index (χ4n) is 5.52. The van der Waals surface area contributed by atoms with Crippen LogP contribution >= 0.6 is 7.06 Å². The van der Waals surface area contributed by atoms with E-state index in [-0.39, 0.29) is 0 Å². The van der Waals surface area contributed by atoms with E-state index in [0.717, 1.165) is 29.3 Å². The molecule has 1 aromatic rings. The molecule has 1 saturated carbocycles. The Kier molecular flexibility index (Phi) is 1.90. The van der Waals surface area contributed by atoms with Crippen LogP contribution in [0.2, 0.25) is 0 Å². The van der Waals surface area contributed by atoms with E-state index < -0.39 is 7.06 Å². The second-order valence-electron chi connectivity index (χ2n) is 7.34. The van der Waals surface area contributed by atoms with Gasteiger partial charge in [-0.25, -0.2) is 0 Å². The van der Waals surface area contributed by atoms with Gasteiger partial charge in [-0.1, -0.05) is 0 Å². The zero-order valence-corrected chi connectivity index (χ0v) is 12.1. The molecule has 3 saturated heterocycles. The Bertz CT molecular complexity index is 510. The van der Waals surface area contributed by atoms with Gasteiger partial charge in [-0.15, -0.1) is 0 Å². The van der Waals surface area contributed by atoms with Crippen molar-refractivity contribution in [3.8, 4) is 11.5 Å². The molecule has 0 N–H and O–H groups in total. The summed E-state index contributed by atoms with van der Waals surface area (Å²) >= 11 is 0. The molecule has 3 heteroatoms. The molecule has 2 nitrogen and oxygen atoms in total. The molecule has 6 rings (SSSR count). The average molecular weight is 276 g/mol. The summed E-state index contributed by atoms with van der Waals surface area (Å²) < 4.78 is 13.4. The summed E-state index contributed by atoms with van der Waals surface area (Å²) in [5.74, 6) is 4.69. The van der Waals surface area contributed by atoms with Crippen LogP contribution in [0.25, 0.3) is 0 Å². The number of fused-ring (bicyclic) bond motifs is 2. The van der Waals surface area contributed by atoms with Crippen molar-refractivity contribution in [1.29, 1.82) is 0 Å². The van der Waals surface area contributed by atoms with Crippen molar-refractivity contribution in [1.82, 2.24) is 0 Å². The monoisotopic (exact) mass is 276 g/mol. The van der Waals surface area contributed by atoms with Crippen molar-refractivity contribution in [2.45, 2.75) is 25.7 Å². The van der Waals surface area contributed by atoms with E-state index in [2.05, 4.69) is 24.3 Å². The van der Waals surface area contributed by atoms with Crippen LogP contribution in [0.5, 0.6) is 11.5 Å². The van der Waals surface area contributed by atoms with Gasteiger partial charge in [0.05, 0.1) is 0 Å². The number of rotatable bonds is 0. The van der Waals surface area contributed by atoms with Crippen molar-refractivity contribution in [2.75, 3.05) is 18.5 Å². The van der Waals surface area contributed by atoms with E-state index in [9.17, 15) is 0 Å². The molecule has 0 radical (unpaired) electrons. The van der Waals surface area contributed by atoms with Gasteiger partial charge in [0.25, 0.3) is 0 Å². The van der Waals surface area contributed by atoms with Gasteiger partial charge in [-0.3, -0.25) is 0 Å². The fraction of sp³-hybridized carbons (Fsp3) is 0.625. The van der Waals surface area contributed by atoms with E-state index in [1.807, 2.05) is 0 Å². The fourth-order valence-corrected chi connectivity index (χ4v) is 12.2. The zero-order chi connectivity index (χ0) is 12.5. The van der Waals surface area contributed by atoms with Crippen LogP contribution in [0.1, 0.15) is 25.7 Å². The normalized spacial score (nSPS) is 41.7. The van der Waals surface area contributed by atoms with Crippen molar-refractivity contribution < 1.29 is 9.05 Å². The molecule has 1 spiro atoms. The van der Waals surface area contributed by atoms with Crippen LogP contribution in [0.4, 0.5) is 0 Å². The van der Waals surface area contributed by atoms with Gasteiger partial charge < -0.3 is 0 Å². The standard InChI is InChI=1S/C16H21O2P/c1-2-4-16-15(3-1)17-19(18-16)9-12-5-6-13(10-19)8-14(7-12)11-19/h1-4,12-14H,5-11H2. The molecule has 2 atom stereocenters. The van der Waals surface area contributed by atoms with E-state index in [1.165, 1.54) is 44.2 Å². The first-order valence-electron chi connectivity index (χ1n) is 7.72. The summed E-state index contributed by atoms with van der Waals surface area (Å²) in [6.07, 6.45) is 9.45. The summed E-state index contributed by atoms with van der Waals surface area (Å²) in [6, 6.07) is 8.35. The Morgan fingerprint density at radius 1 is 0.789 bits per heavy atom. The summed E-state index contributed by atoms with van der Waals surface area (Å²) in [6.45, 7) is 0. The summed E-state index contributed by atoms with van der Waals surface area (Å²) in [4.78, 5) is 0. The topological polar surface area (TPSA) is 18.5 Å². The number of hydrogen-bond acceptors (Lipinski definition) is 2. The second-order valence-corrected chi connectivity index (χ2v) is 11.8. The average Bonchev–Trinajstić information content (AvgIpc) is 2.53. The molecule has 4 heterocycles. The predicted molar refractivity (Wildman–Crippen MR) is 78.2 cm³/mol. The molecule has 4 bridgehead atoms. The minimum atomic E-state index is -2.37. The minimum absolute atomic E-state index is 0.873. The van der Waals surface area contributed by atoms with Gasteiger partial charge in [0.2, 0.25) is 0 Å². The Balaban J connectivity index is 1.65. The van der Waals surface area contributed by atoms with Gasteiger partial charge >= 0.3 is 114 Å². The van der Waals surface area contributed by atoms with Gasteiger partial charge in [0, 0.05) is 0 Å². The van der Waals surface area contributed by atoms with Crippen molar-refractivity contribution in [3.63, 3.8) is 0 Å². The molecule has 1 aromatic carbocycles. The molecule has 2 unspecified atom stereocenters. The zero-order valence-electron chi connectivity index (χ0n) is 11.3. The SMILES string of the molecule is c1ccc2c(c1)OP13(CC4CCC(CC(C4)C1)C3)O2. The molecule has 4 aliphatic heterocycles. The maximum absolute atomic E-state index is 6.68. The number of benzene rings is 1. The van der Waals surface area contributed by atoms with Crippen LogP contribution in [0.15, 0.2) is 24.3 Å². The summed E-state index contributed by atoms with van der Waals surface area (Å²) in [7, 11) is -2.37. The third-order valence-corrected chi connectivity index (χ3v) is 11.1. The first kappa shape index (κ1) is 11.0. The molecule has 0 amide bonds. The molecular formula is C16H21O2P. The van der Waals surface area contributed by atoms with Crippen molar-refractivity contribution in [2.24, 2.45) is 17.8 Å². The van der Waals surface area contributed by atoms with Gasteiger partial charge in [-0.05, 0) is 0 Å². The quantitative estimate of drug-likeness (QED) is 0.658. The number of para-hydroxylation sites is 2. The van der Waals surface area contributed by atoms with E-state index in [1.54, 1.807) is 0 Å². The maximum atomic E-state index is 6.68. The molecule has 4 fully saturated rings. The van der Waals surface area contributed by atoms with Crippen LogP contribution in [-0.4, -0.2) is 18.5 Å². The van der Waals surface area contributed by atoms with E-state index >= 15 is 0 Å².